The number of aromatic nitrogens is 1. The minimum Gasteiger partial charge on any atom is -0.497 e. The zero-order chi connectivity index (χ0) is 26.6. The van der Waals surface area contributed by atoms with Crippen LogP contribution in [0.1, 0.15) is 15.9 Å². The number of nitrogen functional groups attached to an aromatic ring is 1. The Balaban J connectivity index is 1.58. The van der Waals surface area contributed by atoms with E-state index >= 15 is 0 Å². The zero-order valence-corrected chi connectivity index (χ0v) is 21.2. The third-order valence-electron chi connectivity index (χ3n) is 6.99. The van der Waals surface area contributed by atoms with Gasteiger partial charge in [0.2, 0.25) is 0 Å². The molecule has 194 valence electrons. The second-order valence-corrected chi connectivity index (χ2v) is 9.31. The predicted molar refractivity (Wildman–Crippen MR) is 147 cm³/mol. The molecule has 8 heteroatoms. The number of methoxy groups -OCH3 is 1. The summed E-state index contributed by atoms with van der Waals surface area (Å²) < 4.78 is 7.35. The smallest absolute Gasteiger partial charge is 0.407 e. The van der Waals surface area contributed by atoms with Crippen LogP contribution in [0.15, 0.2) is 91.1 Å². The van der Waals surface area contributed by atoms with Gasteiger partial charge in [-0.2, -0.15) is 0 Å². The van der Waals surface area contributed by atoms with E-state index in [0.29, 0.717) is 35.7 Å². The van der Waals surface area contributed by atoms with Crippen LogP contribution in [0.5, 0.6) is 5.75 Å². The van der Waals surface area contributed by atoms with Crippen molar-refractivity contribution in [2.24, 2.45) is 0 Å². The summed E-state index contributed by atoms with van der Waals surface area (Å²) in [5.41, 5.74) is 10.8. The lowest BCUT2D eigenvalue weighted by Crippen LogP contribution is -2.57. The minimum atomic E-state index is -0.972. The summed E-state index contributed by atoms with van der Waals surface area (Å²) in [5.74, 6) is 0.512. The topological polar surface area (TPSA) is 101 Å². The molecule has 4 aromatic rings. The molecule has 5 rings (SSSR count). The fourth-order valence-electron chi connectivity index (χ4n) is 5.07. The van der Waals surface area contributed by atoms with E-state index in [4.69, 9.17) is 10.5 Å². The molecule has 1 aliphatic heterocycles. The Labute approximate surface area is 221 Å². The third kappa shape index (κ3) is 4.93. The van der Waals surface area contributed by atoms with E-state index in [0.717, 1.165) is 16.8 Å². The number of ether oxygens (including phenoxy) is 1. The van der Waals surface area contributed by atoms with Gasteiger partial charge < -0.3 is 29.9 Å². The molecule has 0 bridgehead atoms. The monoisotopic (exact) mass is 510 g/mol. The first-order valence-electron chi connectivity index (χ1n) is 12.5. The van der Waals surface area contributed by atoms with Crippen LogP contribution in [0.3, 0.4) is 0 Å². The molecule has 0 radical (unpaired) electrons. The number of amides is 2. The van der Waals surface area contributed by atoms with Gasteiger partial charge in [-0.15, -0.1) is 0 Å². The van der Waals surface area contributed by atoms with Crippen LogP contribution in [0, 0.1) is 0 Å². The summed E-state index contributed by atoms with van der Waals surface area (Å²) in [4.78, 5) is 29.2. The number of benzene rings is 3. The van der Waals surface area contributed by atoms with Crippen molar-refractivity contribution in [3.8, 4) is 22.7 Å². The molecule has 1 fully saturated rings. The average molecular weight is 511 g/mol. The van der Waals surface area contributed by atoms with Crippen LogP contribution in [0.4, 0.5) is 10.5 Å². The highest BCUT2D eigenvalue weighted by atomic mass is 16.5. The summed E-state index contributed by atoms with van der Waals surface area (Å²) >= 11 is 0. The molecule has 38 heavy (non-hydrogen) atoms. The van der Waals surface area contributed by atoms with Crippen molar-refractivity contribution in [2.75, 3.05) is 32.5 Å². The van der Waals surface area contributed by atoms with Gasteiger partial charge in [0.25, 0.3) is 5.91 Å². The van der Waals surface area contributed by atoms with Gasteiger partial charge in [-0.1, -0.05) is 60.7 Å². The van der Waals surface area contributed by atoms with Crippen molar-refractivity contribution >= 4 is 17.7 Å². The zero-order valence-electron chi connectivity index (χ0n) is 21.2. The van der Waals surface area contributed by atoms with Crippen LogP contribution in [0.25, 0.3) is 16.9 Å². The molecule has 3 aromatic carbocycles. The van der Waals surface area contributed by atoms with E-state index in [1.807, 2.05) is 88.5 Å². The second kappa shape index (κ2) is 10.7. The fraction of sp³-hybridized carbons (Fsp3) is 0.200. The first-order chi connectivity index (χ1) is 18.5. The van der Waals surface area contributed by atoms with Crippen LogP contribution in [-0.4, -0.2) is 64.3 Å². The van der Waals surface area contributed by atoms with Crippen molar-refractivity contribution in [3.63, 3.8) is 0 Å². The molecule has 1 atom stereocenters. The van der Waals surface area contributed by atoms with E-state index in [9.17, 15) is 14.7 Å². The average Bonchev–Trinajstić information content (AvgIpc) is 3.39. The molecule has 8 nitrogen and oxygen atoms in total. The molecule has 1 aliphatic rings. The summed E-state index contributed by atoms with van der Waals surface area (Å²) in [5, 5.41) is 9.65. The Morgan fingerprint density at radius 2 is 1.68 bits per heavy atom. The van der Waals surface area contributed by atoms with E-state index in [-0.39, 0.29) is 25.0 Å². The maximum Gasteiger partial charge on any atom is 0.407 e. The normalized spacial score (nSPS) is 15.3. The van der Waals surface area contributed by atoms with Crippen molar-refractivity contribution in [2.45, 2.75) is 12.5 Å². The first kappa shape index (κ1) is 25.0. The Morgan fingerprint density at radius 3 is 2.37 bits per heavy atom. The van der Waals surface area contributed by atoms with Gasteiger partial charge in [0.1, 0.15) is 5.75 Å². The van der Waals surface area contributed by atoms with Gasteiger partial charge in [-0.05, 0) is 35.7 Å². The number of anilines is 1. The van der Waals surface area contributed by atoms with Crippen molar-refractivity contribution in [1.29, 1.82) is 0 Å². The number of hydrogen-bond donors (Lipinski definition) is 2. The Morgan fingerprint density at radius 1 is 0.974 bits per heavy atom. The molecule has 3 N–H and O–H groups in total. The number of nitrogens with zero attached hydrogens (tertiary/aromatic N) is 3. The molecule has 1 saturated heterocycles. The molecule has 0 saturated carbocycles. The molecule has 0 spiro atoms. The summed E-state index contributed by atoms with van der Waals surface area (Å²) in [7, 11) is 1.60. The number of hydrogen-bond acceptors (Lipinski definition) is 4. The SMILES string of the molecule is COc1ccc(N)c(-n2ccc(C(=O)N3CCN(C(=O)O)C[C@H]3Cc3ccccc3)c2-c2ccccc2)c1. The number of carboxylic acid groups (broad SMARTS) is 1. The van der Waals surface area contributed by atoms with Crippen LogP contribution < -0.4 is 10.5 Å². The maximum atomic E-state index is 14.2. The number of carbonyl (C=O) groups excluding carboxylic acids is 1. The van der Waals surface area contributed by atoms with Crippen LogP contribution in [0.2, 0.25) is 0 Å². The highest BCUT2D eigenvalue weighted by molar-refractivity contribution is 6.01. The number of carbonyl (C=O) groups is 2. The lowest BCUT2D eigenvalue weighted by Gasteiger charge is -2.40. The maximum absolute atomic E-state index is 14.2. The minimum absolute atomic E-state index is 0.143. The largest absolute Gasteiger partial charge is 0.497 e. The quantitative estimate of drug-likeness (QED) is 0.364. The van der Waals surface area contributed by atoms with E-state index in [1.54, 1.807) is 19.2 Å². The molecule has 1 aromatic heterocycles. The van der Waals surface area contributed by atoms with E-state index < -0.39 is 6.09 Å². The van der Waals surface area contributed by atoms with Gasteiger partial charge in [-0.3, -0.25) is 4.79 Å². The molecule has 2 amide bonds. The Bertz CT molecular complexity index is 1440. The lowest BCUT2D eigenvalue weighted by atomic mass is 10.00. The van der Waals surface area contributed by atoms with E-state index in [1.165, 1.54) is 4.90 Å². The van der Waals surface area contributed by atoms with Crippen molar-refractivity contribution in [1.82, 2.24) is 14.4 Å². The van der Waals surface area contributed by atoms with Gasteiger partial charge in [-0.25, -0.2) is 4.79 Å². The number of piperazine rings is 1. The van der Waals surface area contributed by atoms with Gasteiger partial charge >= 0.3 is 6.09 Å². The highest BCUT2D eigenvalue weighted by Gasteiger charge is 2.34. The Hall–Kier alpha value is -4.72. The van der Waals surface area contributed by atoms with E-state index in [2.05, 4.69) is 0 Å². The van der Waals surface area contributed by atoms with Crippen LogP contribution >= 0.6 is 0 Å². The van der Waals surface area contributed by atoms with Crippen LogP contribution in [-0.2, 0) is 6.42 Å². The summed E-state index contributed by atoms with van der Waals surface area (Å²) in [6.45, 7) is 0.820. The summed E-state index contributed by atoms with van der Waals surface area (Å²) in [6.07, 6.45) is 1.43. The lowest BCUT2D eigenvalue weighted by molar-refractivity contribution is 0.0451. The van der Waals surface area contributed by atoms with Crippen molar-refractivity contribution < 1.29 is 19.4 Å². The second-order valence-electron chi connectivity index (χ2n) is 9.31. The highest BCUT2D eigenvalue weighted by Crippen LogP contribution is 2.33. The predicted octanol–water partition coefficient (Wildman–Crippen LogP) is 4.78. The summed E-state index contributed by atoms with van der Waals surface area (Å²) in [6, 6.07) is 26.5. The molecule has 0 unspecified atom stereocenters. The third-order valence-corrected chi connectivity index (χ3v) is 6.99. The molecular formula is C30H30N4O4. The molecule has 2 heterocycles. The Kier molecular flexibility index (Phi) is 7.04. The number of rotatable bonds is 6. The number of nitrogens with two attached hydrogens (primary N) is 1. The molecule has 0 aliphatic carbocycles. The fourth-order valence-corrected chi connectivity index (χ4v) is 5.07. The van der Waals surface area contributed by atoms with Gasteiger partial charge in [0.15, 0.2) is 0 Å². The van der Waals surface area contributed by atoms with Gasteiger partial charge in [0, 0.05) is 31.9 Å². The first-order valence-corrected chi connectivity index (χ1v) is 12.5. The molecular weight excluding hydrogens is 480 g/mol. The standard InChI is InChI=1S/C30H30N4O4/c1-38-24-12-13-26(31)27(19-24)34-15-14-25(28(34)22-10-6-3-7-11-22)29(35)33-17-16-32(30(36)37)20-23(33)18-21-8-4-2-5-9-21/h2-15,19,23H,16-18,20,31H2,1H3,(H,36,37)/t23-/m1/s1. The van der Waals surface area contributed by atoms with Crippen molar-refractivity contribution in [3.05, 3.63) is 102 Å². The van der Waals surface area contributed by atoms with Gasteiger partial charge in [0.05, 0.1) is 35.8 Å².